The van der Waals surface area contributed by atoms with Crippen molar-refractivity contribution in [3.05, 3.63) is 10.4 Å². The number of ketones is 1. The van der Waals surface area contributed by atoms with Gasteiger partial charge in [-0.3, -0.25) is 4.79 Å². The lowest BCUT2D eigenvalue weighted by atomic mass is 10.0. The van der Waals surface area contributed by atoms with E-state index in [1.54, 1.807) is 0 Å². The fraction of sp³-hybridized carbons (Fsp3) is 0.933. The summed E-state index contributed by atoms with van der Waals surface area (Å²) in [6.45, 7) is 15.4. The van der Waals surface area contributed by atoms with Crippen LogP contribution in [0.4, 0.5) is 0 Å². The van der Waals surface area contributed by atoms with E-state index in [4.69, 9.17) is 5.53 Å². The molecule has 4 nitrogen and oxygen atoms in total. The predicted octanol–water partition coefficient (Wildman–Crippen LogP) is 5.71. The molecule has 2 atom stereocenters. The number of rotatable bonds is 8. The number of azide groups is 1. The van der Waals surface area contributed by atoms with Crippen molar-refractivity contribution >= 4 is 13.9 Å². The highest BCUT2D eigenvalue weighted by Crippen LogP contribution is 2.46. The molecule has 0 radical (unpaired) electrons. The van der Waals surface area contributed by atoms with Gasteiger partial charge in [-0.1, -0.05) is 65.7 Å². The van der Waals surface area contributed by atoms with Crippen molar-refractivity contribution in [2.24, 2.45) is 5.11 Å². The Kier molecular flexibility index (Phi) is 7.53. The molecule has 0 aromatic rings. The van der Waals surface area contributed by atoms with Crippen molar-refractivity contribution in [1.29, 1.82) is 0 Å². The zero-order chi connectivity index (χ0) is 16.0. The van der Waals surface area contributed by atoms with Crippen LogP contribution in [0.1, 0.15) is 60.3 Å². The maximum absolute atomic E-state index is 12.9. The Morgan fingerprint density at radius 3 is 2.05 bits per heavy atom. The molecule has 0 aromatic carbocycles. The van der Waals surface area contributed by atoms with Gasteiger partial charge in [0.1, 0.15) is 5.78 Å². The third-order valence-corrected chi connectivity index (χ3v) is 11.0. The normalized spacial score (nSPS) is 15.3. The molecule has 0 fully saturated rings. The number of Topliss-reactive ketones (excluding diaryl/α,β-unsaturated/α-hetero) is 1. The van der Waals surface area contributed by atoms with Crippen molar-refractivity contribution < 1.29 is 4.79 Å². The fourth-order valence-electron chi connectivity index (χ4n) is 2.50. The molecule has 0 spiro atoms. The van der Waals surface area contributed by atoms with Crippen LogP contribution in [-0.4, -0.2) is 19.9 Å². The molecule has 0 aliphatic heterocycles. The van der Waals surface area contributed by atoms with Gasteiger partial charge in [0, 0.05) is 10.5 Å². The summed E-state index contributed by atoms with van der Waals surface area (Å²) >= 11 is 0. The Bertz CT molecular complexity index is 368. The van der Waals surface area contributed by atoms with Crippen LogP contribution in [0.2, 0.25) is 23.7 Å². The minimum Gasteiger partial charge on any atom is -0.299 e. The van der Waals surface area contributed by atoms with Gasteiger partial charge >= 0.3 is 0 Å². The number of carbonyl (C=O) groups is 1. The fourth-order valence-corrected chi connectivity index (χ4v) is 5.45. The summed E-state index contributed by atoms with van der Waals surface area (Å²) in [5.41, 5.74) is 8.78. The quantitative estimate of drug-likeness (QED) is 0.245. The van der Waals surface area contributed by atoms with Gasteiger partial charge in [0.25, 0.3) is 0 Å². The lowest BCUT2D eigenvalue weighted by Gasteiger charge is -2.43. The molecule has 5 heteroatoms. The SMILES string of the molecule is CCC[C@H](C(=O)[C@@H](CCC)N=[N+]=[N-])[Si](C)(C)C(C)(C)C. The average Bonchev–Trinajstić information content (AvgIpc) is 2.33. The van der Waals surface area contributed by atoms with Crippen molar-refractivity contribution in [3.63, 3.8) is 0 Å². The molecular weight excluding hydrogens is 266 g/mol. The molecule has 0 saturated heterocycles. The molecule has 0 unspecified atom stereocenters. The van der Waals surface area contributed by atoms with E-state index in [1.165, 1.54) is 0 Å². The Hall–Kier alpha value is -0.803. The standard InChI is InChI=1S/C15H31N3OSi/c1-8-10-12(17-18-16)14(19)13(11-9-2)20(6,7)15(3,4)5/h12-13H,8-11H2,1-7H3/t12-,13-/m1/s1. The minimum absolute atomic E-state index is 0.0783. The first-order valence-electron chi connectivity index (χ1n) is 7.71. The highest BCUT2D eigenvalue weighted by Gasteiger charge is 2.45. The smallest absolute Gasteiger partial charge is 0.142 e. The van der Waals surface area contributed by atoms with E-state index in [1.807, 2.05) is 6.92 Å². The Morgan fingerprint density at radius 1 is 1.20 bits per heavy atom. The minimum atomic E-state index is -1.77. The molecule has 0 saturated carbocycles. The molecule has 116 valence electrons. The van der Waals surface area contributed by atoms with Gasteiger partial charge in [0.2, 0.25) is 0 Å². The van der Waals surface area contributed by atoms with Crippen molar-refractivity contribution in [2.75, 3.05) is 0 Å². The largest absolute Gasteiger partial charge is 0.299 e. The van der Waals surface area contributed by atoms with Crippen LogP contribution in [0.5, 0.6) is 0 Å². The van der Waals surface area contributed by atoms with E-state index in [0.717, 1.165) is 19.3 Å². The van der Waals surface area contributed by atoms with Gasteiger partial charge in [-0.2, -0.15) is 0 Å². The van der Waals surface area contributed by atoms with Crippen LogP contribution >= 0.6 is 0 Å². The highest BCUT2D eigenvalue weighted by molar-refractivity contribution is 6.84. The van der Waals surface area contributed by atoms with E-state index in [2.05, 4.69) is 50.8 Å². The molecular formula is C15H31N3OSi. The van der Waals surface area contributed by atoms with Crippen LogP contribution in [0, 0.1) is 0 Å². The number of nitrogens with zero attached hydrogens (tertiary/aromatic N) is 3. The first kappa shape index (κ1) is 19.2. The monoisotopic (exact) mass is 297 g/mol. The first-order chi connectivity index (χ1) is 9.13. The highest BCUT2D eigenvalue weighted by atomic mass is 28.3. The number of hydrogen-bond donors (Lipinski definition) is 0. The molecule has 0 heterocycles. The second kappa shape index (κ2) is 7.84. The van der Waals surface area contributed by atoms with Crippen LogP contribution in [0.25, 0.3) is 10.4 Å². The van der Waals surface area contributed by atoms with Gasteiger partial charge in [-0.25, -0.2) is 0 Å². The van der Waals surface area contributed by atoms with E-state index in [0.29, 0.717) is 6.42 Å². The first-order valence-corrected chi connectivity index (χ1v) is 10.8. The predicted molar refractivity (Wildman–Crippen MR) is 88.7 cm³/mol. The Balaban J connectivity index is 5.46. The molecule has 0 aliphatic carbocycles. The maximum atomic E-state index is 12.9. The average molecular weight is 298 g/mol. The van der Waals surface area contributed by atoms with Gasteiger partial charge in [-0.15, -0.1) is 0 Å². The number of hydrogen-bond acceptors (Lipinski definition) is 2. The molecule has 0 bridgehead atoms. The van der Waals surface area contributed by atoms with Gasteiger partial charge < -0.3 is 0 Å². The lowest BCUT2D eigenvalue weighted by Crippen LogP contribution is -2.47. The van der Waals surface area contributed by atoms with Crippen LogP contribution in [-0.2, 0) is 4.79 Å². The van der Waals surface area contributed by atoms with Crippen LogP contribution in [0.3, 0.4) is 0 Å². The Labute approximate surface area is 125 Å². The third kappa shape index (κ3) is 4.64. The van der Waals surface area contributed by atoms with Gasteiger partial charge in [0.05, 0.1) is 14.1 Å². The topological polar surface area (TPSA) is 65.8 Å². The second-order valence-corrected chi connectivity index (χ2v) is 12.9. The summed E-state index contributed by atoms with van der Waals surface area (Å²) in [7, 11) is -1.77. The van der Waals surface area contributed by atoms with Crippen LogP contribution < -0.4 is 0 Å². The van der Waals surface area contributed by atoms with Crippen molar-refractivity contribution in [1.82, 2.24) is 0 Å². The summed E-state index contributed by atoms with van der Waals surface area (Å²) < 4.78 is 0. The second-order valence-electron chi connectivity index (χ2n) is 7.22. The maximum Gasteiger partial charge on any atom is 0.142 e. The summed E-state index contributed by atoms with van der Waals surface area (Å²) in [6.07, 6.45) is 3.44. The summed E-state index contributed by atoms with van der Waals surface area (Å²) in [4.78, 5) is 15.8. The van der Waals surface area contributed by atoms with E-state index in [9.17, 15) is 4.79 Å². The third-order valence-electron chi connectivity index (χ3n) is 4.81. The molecule has 0 amide bonds. The van der Waals surface area contributed by atoms with Crippen LogP contribution in [0.15, 0.2) is 5.11 Å². The van der Waals surface area contributed by atoms with E-state index < -0.39 is 14.1 Å². The molecule has 0 aromatic heterocycles. The lowest BCUT2D eigenvalue weighted by molar-refractivity contribution is -0.120. The molecule has 20 heavy (non-hydrogen) atoms. The molecule has 0 N–H and O–H groups in total. The Morgan fingerprint density at radius 2 is 1.70 bits per heavy atom. The number of carbonyl (C=O) groups excluding carboxylic acids is 1. The zero-order valence-electron chi connectivity index (χ0n) is 14.2. The van der Waals surface area contributed by atoms with Crippen molar-refractivity contribution in [3.8, 4) is 0 Å². The zero-order valence-corrected chi connectivity index (χ0v) is 15.2. The molecule has 0 rings (SSSR count). The summed E-state index contributed by atoms with van der Waals surface area (Å²) in [6, 6.07) is -0.476. The van der Waals surface area contributed by atoms with E-state index >= 15 is 0 Å². The van der Waals surface area contributed by atoms with Gasteiger partial charge in [-0.05, 0) is 23.4 Å². The summed E-state index contributed by atoms with van der Waals surface area (Å²) in [5.74, 6) is 0.179. The van der Waals surface area contributed by atoms with Crippen molar-refractivity contribution in [2.45, 2.75) is 90.0 Å². The molecule has 0 aliphatic rings. The van der Waals surface area contributed by atoms with E-state index in [-0.39, 0.29) is 16.4 Å². The summed E-state index contributed by atoms with van der Waals surface area (Å²) in [5, 5.41) is 3.93. The van der Waals surface area contributed by atoms with Gasteiger partial charge in [0.15, 0.2) is 0 Å².